The van der Waals surface area contributed by atoms with Crippen LogP contribution in [0.25, 0.3) is 22.0 Å². The second kappa shape index (κ2) is 9.06. The minimum absolute atomic E-state index is 0.221. The van der Waals surface area contributed by atoms with E-state index in [-0.39, 0.29) is 5.91 Å². The van der Waals surface area contributed by atoms with Crippen LogP contribution in [0.1, 0.15) is 19.8 Å². The molecule has 2 aromatic heterocycles. The lowest BCUT2D eigenvalue weighted by Gasteiger charge is -2.27. The van der Waals surface area contributed by atoms with Crippen molar-refractivity contribution in [3.8, 4) is 11.1 Å². The van der Waals surface area contributed by atoms with E-state index in [4.69, 9.17) is 0 Å². The van der Waals surface area contributed by atoms with Crippen LogP contribution in [-0.2, 0) is 11.8 Å². The van der Waals surface area contributed by atoms with E-state index in [1.165, 1.54) is 22.5 Å². The van der Waals surface area contributed by atoms with Gasteiger partial charge in [-0.05, 0) is 67.8 Å². The number of hydrogen-bond donors (Lipinski definition) is 2. The Morgan fingerprint density at radius 2 is 2.03 bits per heavy atom. The Morgan fingerprint density at radius 3 is 2.82 bits per heavy atom. The molecule has 5 rings (SSSR count). The van der Waals surface area contributed by atoms with Crippen LogP contribution in [0.5, 0.6) is 0 Å². The Balaban J connectivity index is 1.47. The number of fused-ring (bicyclic) bond motifs is 1. The van der Waals surface area contributed by atoms with Gasteiger partial charge in [-0.2, -0.15) is 0 Å². The first kappa shape index (κ1) is 21.8. The smallest absolute Gasteiger partial charge is 0.247 e. The average molecular weight is 452 g/mol. The minimum Gasteiger partial charge on any atom is -0.367 e. The van der Waals surface area contributed by atoms with E-state index in [1.54, 1.807) is 0 Å². The average Bonchev–Trinajstić information content (AvgIpc) is 3.42. The normalized spacial score (nSPS) is 15.5. The van der Waals surface area contributed by atoms with E-state index >= 15 is 0 Å². The standard InChI is InChI=1S/C28H29N5O/c1-4-28(34)31-24-17-21(11-12-26(24)33-15-7-8-19(33)2)30-27-16-20(13-14-29-27)23-18-32(3)25-10-6-5-9-22(23)25/h4-6,9-14,16-19H,1,7-8,15H2,2-3H3,(H,29,30)(H,31,34). The van der Waals surface area contributed by atoms with Crippen molar-refractivity contribution in [3.63, 3.8) is 0 Å². The summed E-state index contributed by atoms with van der Waals surface area (Å²) in [5.74, 6) is 0.523. The molecule has 1 atom stereocenters. The molecule has 1 unspecified atom stereocenters. The van der Waals surface area contributed by atoms with Crippen LogP contribution in [-0.4, -0.2) is 28.0 Å². The zero-order valence-electron chi connectivity index (χ0n) is 19.6. The number of hydrogen-bond acceptors (Lipinski definition) is 4. The van der Waals surface area contributed by atoms with Crippen molar-refractivity contribution in [3.05, 3.63) is 79.6 Å². The highest BCUT2D eigenvalue weighted by Gasteiger charge is 2.23. The third-order valence-electron chi connectivity index (χ3n) is 6.54. The molecule has 2 aromatic carbocycles. The van der Waals surface area contributed by atoms with Crippen molar-refractivity contribution in [2.45, 2.75) is 25.8 Å². The predicted molar refractivity (Wildman–Crippen MR) is 141 cm³/mol. The van der Waals surface area contributed by atoms with Gasteiger partial charge in [0.25, 0.3) is 0 Å². The number of rotatable bonds is 6. The van der Waals surface area contributed by atoms with Crippen LogP contribution < -0.4 is 15.5 Å². The van der Waals surface area contributed by atoms with Crippen molar-refractivity contribution in [1.29, 1.82) is 0 Å². The molecule has 0 aliphatic carbocycles. The lowest BCUT2D eigenvalue weighted by molar-refractivity contribution is -0.111. The number of aryl methyl sites for hydroxylation is 1. The van der Waals surface area contributed by atoms with Gasteiger partial charge in [0.15, 0.2) is 0 Å². The SMILES string of the molecule is C=CC(=O)Nc1cc(Nc2cc(-c3cn(C)c4ccccc34)ccn2)ccc1N1CCCC1C. The van der Waals surface area contributed by atoms with E-state index in [0.29, 0.717) is 6.04 Å². The number of anilines is 4. The Labute approximate surface area is 199 Å². The largest absolute Gasteiger partial charge is 0.367 e. The molecule has 0 bridgehead atoms. The van der Waals surface area contributed by atoms with Gasteiger partial charge in [-0.25, -0.2) is 4.98 Å². The third kappa shape index (κ3) is 4.15. The fourth-order valence-corrected chi connectivity index (χ4v) is 4.83. The van der Waals surface area contributed by atoms with Crippen molar-refractivity contribution in [2.24, 2.45) is 7.05 Å². The van der Waals surface area contributed by atoms with Crippen molar-refractivity contribution < 1.29 is 4.79 Å². The number of para-hydroxylation sites is 1. The molecule has 0 saturated carbocycles. The fraction of sp³-hybridized carbons (Fsp3) is 0.214. The van der Waals surface area contributed by atoms with Gasteiger partial charge in [0, 0.05) is 54.2 Å². The van der Waals surface area contributed by atoms with Gasteiger partial charge in [0.2, 0.25) is 5.91 Å². The van der Waals surface area contributed by atoms with Crippen LogP contribution in [0.2, 0.25) is 0 Å². The number of nitrogens with zero attached hydrogens (tertiary/aromatic N) is 3. The molecular formula is C28H29N5O. The summed E-state index contributed by atoms with van der Waals surface area (Å²) in [4.78, 5) is 19.0. The highest BCUT2D eigenvalue weighted by molar-refractivity contribution is 6.02. The lowest BCUT2D eigenvalue weighted by atomic mass is 10.1. The monoisotopic (exact) mass is 451 g/mol. The maximum Gasteiger partial charge on any atom is 0.247 e. The molecule has 1 fully saturated rings. The summed E-state index contributed by atoms with van der Waals surface area (Å²) in [5.41, 5.74) is 6.12. The van der Waals surface area contributed by atoms with Gasteiger partial charge in [0.1, 0.15) is 5.82 Å². The number of carbonyl (C=O) groups is 1. The predicted octanol–water partition coefficient (Wildman–Crippen LogP) is 6.10. The minimum atomic E-state index is -0.221. The highest BCUT2D eigenvalue weighted by Crippen LogP contribution is 2.36. The molecule has 1 amide bonds. The zero-order chi connectivity index (χ0) is 23.7. The summed E-state index contributed by atoms with van der Waals surface area (Å²) in [6.07, 6.45) is 7.58. The third-order valence-corrected chi connectivity index (χ3v) is 6.54. The topological polar surface area (TPSA) is 62.2 Å². The first-order valence-electron chi connectivity index (χ1n) is 11.6. The molecule has 6 nitrogen and oxygen atoms in total. The Hall–Kier alpha value is -4.06. The van der Waals surface area contributed by atoms with Gasteiger partial charge in [0.05, 0.1) is 11.4 Å². The highest BCUT2D eigenvalue weighted by atomic mass is 16.1. The lowest BCUT2D eigenvalue weighted by Crippen LogP contribution is -2.27. The van der Waals surface area contributed by atoms with Crippen molar-refractivity contribution >= 4 is 39.7 Å². The van der Waals surface area contributed by atoms with Crippen LogP contribution in [0.15, 0.2) is 79.6 Å². The Bertz CT molecular complexity index is 1370. The molecule has 1 aliphatic heterocycles. The van der Waals surface area contributed by atoms with Crippen LogP contribution in [0.3, 0.4) is 0 Å². The van der Waals surface area contributed by atoms with Crippen LogP contribution in [0.4, 0.5) is 22.9 Å². The van der Waals surface area contributed by atoms with Crippen molar-refractivity contribution in [1.82, 2.24) is 9.55 Å². The Kier molecular flexibility index (Phi) is 5.80. The number of carbonyl (C=O) groups excluding carboxylic acids is 1. The number of amides is 1. The molecule has 0 radical (unpaired) electrons. The number of benzene rings is 2. The molecule has 3 heterocycles. The quantitative estimate of drug-likeness (QED) is 0.348. The van der Waals surface area contributed by atoms with Crippen LogP contribution >= 0.6 is 0 Å². The Morgan fingerprint density at radius 1 is 1.18 bits per heavy atom. The molecule has 1 aliphatic rings. The van der Waals surface area contributed by atoms with E-state index in [9.17, 15) is 4.79 Å². The molecule has 34 heavy (non-hydrogen) atoms. The first-order chi connectivity index (χ1) is 16.5. The summed E-state index contributed by atoms with van der Waals surface area (Å²) in [7, 11) is 2.06. The summed E-state index contributed by atoms with van der Waals surface area (Å²) in [5, 5.41) is 7.61. The second-order valence-electron chi connectivity index (χ2n) is 8.84. The van der Waals surface area contributed by atoms with Gasteiger partial charge in [-0.3, -0.25) is 4.79 Å². The fourth-order valence-electron chi connectivity index (χ4n) is 4.83. The summed E-state index contributed by atoms with van der Waals surface area (Å²) >= 11 is 0. The first-order valence-corrected chi connectivity index (χ1v) is 11.6. The van der Waals surface area contributed by atoms with Gasteiger partial charge >= 0.3 is 0 Å². The molecular weight excluding hydrogens is 422 g/mol. The maximum atomic E-state index is 12.1. The zero-order valence-corrected chi connectivity index (χ0v) is 19.6. The molecule has 172 valence electrons. The summed E-state index contributed by atoms with van der Waals surface area (Å²) < 4.78 is 2.14. The number of aromatic nitrogens is 2. The number of nitrogens with one attached hydrogen (secondary N) is 2. The van der Waals surface area contributed by atoms with Crippen molar-refractivity contribution in [2.75, 3.05) is 22.1 Å². The number of pyridine rings is 1. The molecule has 4 aromatic rings. The van der Waals surface area contributed by atoms with E-state index in [0.717, 1.165) is 47.8 Å². The van der Waals surface area contributed by atoms with Crippen LogP contribution in [0, 0.1) is 0 Å². The van der Waals surface area contributed by atoms with E-state index < -0.39 is 0 Å². The molecule has 6 heteroatoms. The summed E-state index contributed by atoms with van der Waals surface area (Å²) in [6, 6.07) is 19.0. The van der Waals surface area contributed by atoms with E-state index in [1.807, 2.05) is 24.4 Å². The second-order valence-corrected chi connectivity index (χ2v) is 8.84. The van der Waals surface area contributed by atoms with Gasteiger partial charge in [-0.15, -0.1) is 0 Å². The summed E-state index contributed by atoms with van der Waals surface area (Å²) in [6.45, 7) is 6.81. The maximum absolute atomic E-state index is 12.1. The molecule has 2 N–H and O–H groups in total. The van der Waals surface area contributed by atoms with Gasteiger partial charge in [-0.1, -0.05) is 24.8 Å². The molecule has 0 spiro atoms. The molecule has 1 saturated heterocycles. The van der Waals surface area contributed by atoms with Gasteiger partial charge < -0.3 is 20.1 Å². The van der Waals surface area contributed by atoms with E-state index in [2.05, 4.69) is 88.2 Å².